The number of rotatable bonds is 6. The molecule has 1 heterocycles. The van der Waals surface area contributed by atoms with Crippen LogP contribution in [0.5, 0.6) is 0 Å². The summed E-state index contributed by atoms with van der Waals surface area (Å²) in [5, 5.41) is 7.51. The second kappa shape index (κ2) is 9.54. The second-order valence-corrected chi connectivity index (χ2v) is 6.82. The number of methoxy groups -OCH3 is 1. The first-order valence-electron chi connectivity index (χ1n) is 8.80. The fourth-order valence-electron chi connectivity index (χ4n) is 2.97. The smallest absolute Gasteiger partial charge is 0.305 e. The highest BCUT2D eigenvalue weighted by Gasteiger charge is 2.10. The SMILES string of the molecule is COC(=O)CCc1ccc(-c2cn(-c3ccc(C(=N)N)cc3)c(=S)n2C)cc1.Cl. The number of nitrogens with two attached hydrogens (primary N) is 1. The van der Waals surface area contributed by atoms with Gasteiger partial charge in [-0.2, -0.15) is 0 Å². The molecule has 2 aromatic carbocycles. The Morgan fingerprint density at radius 3 is 2.31 bits per heavy atom. The van der Waals surface area contributed by atoms with E-state index in [1.54, 1.807) is 0 Å². The van der Waals surface area contributed by atoms with Crippen molar-refractivity contribution in [1.82, 2.24) is 9.13 Å². The zero-order valence-electron chi connectivity index (χ0n) is 16.2. The number of benzene rings is 2. The third kappa shape index (κ3) is 4.93. The van der Waals surface area contributed by atoms with Gasteiger partial charge < -0.3 is 15.0 Å². The van der Waals surface area contributed by atoms with Gasteiger partial charge in [0.15, 0.2) is 4.77 Å². The Morgan fingerprint density at radius 2 is 1.76 bits per heavy atom. The first kappa shape index (κ1) is 22.4. The number of ether oxygens (including phenoxy) is 1. The molecule has 0 aliphatic heterocycles. The number of aryl methyl sites for hydroxylation is 1. The lowest BCUT2D eigenvalue weighted by molar-refractivity contribution is -0.140. The molecule has 8 heteroatoms. The molecule has 0 amide bonds. The van der Waals surface area contributed by atoms with Crippen LogP contribution in [0.25, 0.3) is 16.9 Å². The molecule has 0 aliphatic carbocycles. The van der Waals surface area contributed by atoms with E-state index in [-0.39, 0.29) is 24.2 Å². The average Bonchev–Trinajstić information content (AvgIpc) is 3.01. The summed E-state index contributed by atoms with van der Waals surface area (Å²) in [5.41, 5.74) is 10.2. The number of nitrogens with zero attached hydrogens (tertiary/aromatic N) is 2. The van der Waals surface area contributed by atoms with E-state index >= 15 is 0 Å². The van der Waals surface area contributed by atoms with Crippen LogP contribution in [0, 0.1) is 10.2 Å². The fourth-order valence-corrected chi connectivity index (χ4v) is 3.23. The molecule has 0 bridgehead atoms. The van der Waals surface area contributed by atoms with E-state index in [1.807, 2.05) is 70.9 Å². The molecule has 0 saturated carbocycles. The molecule has 0 spiro atoms. The van der Waals surface area contributed by atoms with Crippen molar-refractivity contribution < 1.29 is 9.53 Å². The van der Waals surface area contributed by atoms with Crippen molar-refractivity contribution in [3.63, 3.8) is 0 Å². The molecule has 152 valence electrons. The summed E-state index contributed by atoms with van der Waals surface area (Å²) < 4.78 is 9.24. The zero-order chi connectivity index (χ0) is 20.3. The van der Waals surface area contributed by atoms with Crippen LogP contribution in [0.15, 0.2) is 54.7 Å². The normalized spacial score (nSPS) is 10.3. The Morgan fingerprint density at radius 1 is 1.14 bits per heavy atom. The lowest BCUT2D eigenvalue weighted by atomic mass is 10.1. The highest BCUT2D eigenvalue weighted by molar-refractivity contribution is 7.71. The molecule has 29 heavy (non-hydrogen) atoms. The minimum Gasteiger partial charge on any atom is -0.469 e. The van der Waals surface area contributed by atoms with Gasteiger partial charge in [-0.25, -0.2) is 0 Å². The monoisotopic (exact) mass is 430 g/mol. The van der Waals surface area contributed by atoms with Gasteiger partial charge in [0.2, 0.25) is 0 Å². The summed E-state index contributed by atoms with van der Waals surface area (Å²) >= 11 is 5.60. The number of hydrogen-bond donors (Lipinski definition) is 2. The van der Waals surface area contributed by atoms with Crippen LogP contribution in [-0.2, 0) is 23.0 Å². The van der Waals surface area contributed by atoms with E-state index in [4.69, 9.17) is 23.4 Å². The minimum atomic E-state index is -0.209. The van der Waals surface area contributed by atoms with Crippen LogP contribution in [0.2, 0.25) is 0 Å². The average molecular weight is 431 g/mol. The van der Waals surface area contributed by atoms with Gasteiger partial charge in [0.1, 0.15) is 5.84 Å². The fraction of sp³-hybridized carbons (Fsp3) is 0.190. The van der Waals surface area contributed by atoms with Crippen molar-refractivity contribution in [3.8, 4) is 16.9 Å². The second-order valence-electron chi connectivity index (χ2n) is 6.46. The number of hydrogen-bond acceptors (Lipinski definition) is 4. The molecule has 0 aliphatic rings. The molecule has 0 atom stereocenters. The molecular formula is C21H23ClN4O2S. The zero-order valence-corrected chi connectivity index (χ0v) is 17.8. The molecule has 3 N–H and O–H groups in total. The molecule has 1 aromatic heterocycles. The van der Waals surface area contributed by atoms with Gasteiger partial charge in [0.05, 0.1) is 12.8 Å². The number of esters is 1. The summed E-state index contributed by atoms with van der Waals surface area (Å²) in [5.74, 6) is -0.171. The summed E-state index contributed by atoms with van der Waals surface area (Å²) in [6.07, 6.45) is 3.01. The van der Waals surface area contributed by atoms with Gasteiger partial charge in [0, 0.05) is 30.9 Å². The van der Waals surface area contributed by atoms with E-state index in [9.17, 15) is 4.79 Å². The quantitative estimate of drug-likeness (QED) is 0.267. The molecule has 6 nitrogen and oxygen atoms in total. The van der Waals surface area contributed by atoms with Gasteiger partial charge in [-0.05, 0) is 54.0 Å². The Bertz CT molecular complexity index is 1070. The van der Waals surface area contributed by atoms with Crippen molar-refractivity contribution in [2.45, 2.75) is 12.8 Å². The van der Waals surface area contributed by atoms with E-state index in [2.05, 4.69) is 4.74 Å². The highest BCUT2D eigenvalue weighted by atomic mass is 35.5. The topological polar surface area (TPSA) is 86.0 Å². The lowest BCUT2D eigenvalue weighted by Crippen LogP contribution is -2.10. The van der Waals surface area contributed by atoms with Crippen LogP contribution < -0.4 is 5.73 Å². The number of carbonyl (C=O) groups excluding carboxylic acids is 1. The predicted molar refractivity (Wildman–Crippen MR) is 120 cm³/mol. The van der Waals surface area contributed by atoms with Crippen molar-refractivity contribution >= 4 is 36.4 Å². The van der Waals surface area contributed by atoms with Crippen molar-refractivity contribution in [3.05, 3.63) is 70.6 Å². The Balaban J connectivity index is 0.00000300. The largest absolute Gasteiger partial charge is 0.469 e. The number of amidine groups is 1. The van der Waals surface area contributed by atoms with Gasteiger partial charge in [0.25, 0.3) is 0 Å². The molecule has 3 rings (SSSR count). The van der Waals surface area contributed by atoms with Gasteiger partial charge in [-0.3, -0.25) is 14.8 Å². The molecular weight excluding hydrogens is 408 g/mol. The number of halogens is 1. The van der Waals surface area contributed by atoms with E-state index in [0.29, 0.717) is 23.2 Å². The summed E-state index contributed by atoms with van der Waals surface area (Å²) in [4.78, 5) is 11.3. The summed E-state index contributed by atoms with van der Waals surface area (Å²) in [6.45, 7) is 0. The molecule has 0 fully saturated rings. The first-order valence-corrected chi connectivity index (χ1v) is 9.21. The number of nitrogens with one attached hydrogen (secondary N) is 1. The van der Waals surface area contributed by atoms with Crippen molar-refractivity contribution in [2.24, 2.45) is 12.8 Å². The van der Waals surface area contributed by atoms with Crippen LogP contribution in [-0.4, -0.2) is 28.0 Å². The summed E-state index contributed by atoms with van der Waals surface area (Å²) in [7, 11) is 3.33. The van der Waals surface area contributed by atoms with Crippen LogP contribution in [0.3, 0.4) is 0 Å². The maximum atomic E-state index is 11.3. The molecule has 0 unspecified atom stereocenters. The van der Waals surface area contributed by atoms with Crippen molar-refractivity contribution in [2.75, 3.05) is 7.11 Å². The maximum absolute atomic E-state index is 11.3. The van der Waals surface area contributed by atoms with E-state index < -0.39 is 0 Å². The minimum absolute atomic E-state index is 0. The molecule has 0 radical (unpaired) electrons. The van der Waals surface area contributed by atoms with Crippen LogP contribution in [0.1, 0.15) is 17.5 Å². The standard InChI is InChI=1S/C21H22N4O2S.ClH/c1-24-18(15-6-3-14(4-7-15)5-12-19(26)27-2)13-25(21(24)28)17-10-8-16(9-11-17)20(22)23;/h3-4,6-11,13H,5,12H2,1-2H3,(H3,22,23);1H. The predicted octanol–water partition coefficient (Wildman–Crippen LogP) is 4.02. The number of aromatic nitrogens is 2. The number of imidazole rings is 1. The van der Waals surface area contributed by atoms with Crippen LogP contribution in [0.4, 0.5) is 0 Å². The van der Waals surface area contributed by atoms with Crippen molar-refractivity contribution in [1.29, 1.82) is 5.41 Å². The molecule has 3 aromatic rings. The lowest BCUT2D eigenvalue weighted by Gasteiger charge is -2.05. The third-order valence-electron chi connectivity index (χ3n) is 4.66. The van der Waals surface area contributed by atoms with Gasteiger partial charge >= 0.3 is 5.97 Å². The molecule has 0 saturated heterocycles. The number of carbonyl (C=O) groups is 1. The highest BCUT2D eigenvalue weighted by Crippen LogP contribution is 2.23. The first-order chi connectivity index (χ1) is 13.4. The van der Waals surface area contributed by atoms with Gasteiger partial charge in [-0.15, -0.1) is 12.4 Å². The van der Waals surface area contributed by atoms with Crippen LogP contribution >= 0.6 is 24.6 Å². The Labute approximate surface area is 180 Å². The van der Waals surface area contributed by atoms with E-state index in [0.717, 1.165) is 22.5 Å². The van der Waals surface area contributed by atoms with E-state index in [1.165, 1.54) is 7.11 Å². The maximum Gasteiger partial charge on any atom is 0.305 e. The number of nitrogen functional groups attached to an aromatic ring is 1. The Kier molecular flexibility index (Phi) is 7.36. The Hall–Kier alpha value is -2.90. The third-order valence-corrected chi connectivity index (χ3v) is 5.13. The van der Waals surface area contributed by atoms with Gasteiger partial charge in [-0.1, -0.05) is 24.3 Å². The summed E-state index contributed by atoms with van der Waals surface area (Å²) in [6, 6.07) is 15.5.